The van der Waals surface area contributed by atoms with Crippen molar-refractivity contribution in [3.05, 3.63) is 29.8 Å². The van der Waals surface area contributed by atoms with Gasteiger partial charge in [-0.3, -0.25) is 14.5 Å². The molecular weight excluding hydrogens is 316 g/mol. The van der Waals surface area contributed by atoms with Crippen LogP contribution in [0.15, 0.2) is 34.2 Å². The zero-order valence-corrected chi connectivity index (χ0v) is 13.7. The summed E-state index contributed by atoms with van der Waals surface area (Å²) < 4.78 is 26.5. The Balaban J connectivity index is 1.75. The fourth-order valence-electron chi connectivity index (χ4n) is 2.77. The molecule has 0 radical (unpaired) electrons. The second kappa shape index (κ2) is 6.29. The van der Waals surface area contributed by atoms with Crippen molar-refractivity contribution in [3.8, 4) is 0 Å². The lowest BCUT2D eigenvalue weighted by Crippen LogP contribution is -2.45. The summed E-state index contributed by atoms with van der Waals surface area (Å²) in [4.78, 5) is 16.7. The number of benzene rings is 1. The summed E-state index contributed by atoms with van der Waals surface area (Å²) >= 11 is 0. The van der Waals surface area contributed by atoms with Crippen molar-refractivity contribution in [2.75, 3.05) is 13.1 Å². The monoisotopic (exact) mass is 336 g/mol. The van der Waals surface area contributed by atoms with Crippen LogP contribution in [-0.2, 0) is 14.8 Å². The summed E-state index contributed by atoms with van der Waals surface area (Å²) in [6.45, 7) is 3.45. The minimum Gasteiger partial charge on any atom is -0.351 e. The van der Waals surface area contributed by atoms with E-state index in [4.69, 9.17) is 0 Å². The molecule has 1 amide bonds. The van der Waals surface area contributed by atoms with Gasteiger partial charge in [-0.25, -0.2) is 8.42 Å². The van der Waals surface area contributed by atoms with Gasteiger partial charge in [0.25, 0.3) is 10.0 Å². The summed E-state index contributed by atoms with van der Waals surface area (Å²) in [7, 11) is -3.57. The van der Waals surface area contributed by atoms with Gasteiger partial charge in [0, 0.05) is 11.6 Å². The number of rotatable bonds is 3. The molecule has 0 bridgehead atoms. The van der Waals surface area contributed by atoms with Crippen molar-refractivity contribution in [1.82, 2.24) is 15.4 Å². The maximum Gasteiger partial charge on any atom is 0.263 e. The zero-order valence-electron chi connectivity index (χ0n) is 12.9. The number of fused-ring (bicyclic) bond motifs is 1. The Labute approximate surface area is 135 Å². The van der Waals surface area contributed by atoms with Gasteiger partial charge in [-0.2, -0.15) is 0 Å². The number of nitrogens with zero attached hydrogens (tertiary/aromatic N) is 1. The van der Waals surface area contributed by atoms with Crippen LogP contribution in [0.4, 0.5) is 0 Å². The summed E-state index contributed by atoms with van der Waals surface area (Å²) in [5.74, 6) is 0.0431. The molecule has 1 unspecified atom stereocenters. The number of amides is 1. The molecule has 2 heterocycles. The molecule has 23 heavy (non-hydrogen) atoms. The molecule has 0 spiro atoms. The highest BCUT2D eigenvalue weighted by molar-refractivity contribution is 7.90. The predicted octanol–water partition coefficient (Wildman–Crippen LogP) is -0.0182. The summed E-state index contributed by atoms with van der Waals surface area (Å²) in [5, 5.41) is 6.21. The van der Waals surface area contributed by atoms with Crippen molar-refractivity contribution in [3.63, 3.8) is 0 Å². The van der Waals surface area contributed by atoms with Gasteiger partial charge < -0.3 is 10.6 Å². The normalized spacial score (nSPS) is 23.1. The Kier molecular flexibility index (Phi) is 4.36. The molecule has 3 rings (SSSR count). The molecule has 124 valence electrons. The second-order valence-corrected chi connectivity index (χ2v) is 7.44. The highest BCUT2D eigenvalue weighted by Gasteiger charge is 2.31. The van der Waals surface area contributed by atoms with Crippen molar-refractivity contribution in [1.29, 1.82) is 0 Å². The molecule has 2 aliphatic rings. The van der Waals surface area contributed by atoms with E-state index in [1.807, 2.05) is 0 Å². The maximum absolute atomic E-state index is 12.3. The van der Waals surface area contributed by atoms with E-state index in [2.05, 4.69) is 20.3 Å². The van der Waals surface area contributed by atoms with E-state index >= 15 is 0 Å². The van der Waals surface area contributed by atoms with Gasteiger partial charge >= 0.3 is 0 Å². The van der Waals surface area contributed by atoms with E-state index in [0.717, 1.165) is 25.9 Å². The fraction of sp³-hybridized carbons (Fsp3) is 0.467. The Morgan fingerprint density at radius 2 is 2.00 bits per heavy atom. The molecule has 0 saturated carbocycles. The third kappa shape index (κ3) is 3.37. The minimum absolute atomic E-state index is 0.152. The number of carbonyl (C=O) groups is 1. The molecule has 0 aliphatic carbocycles. The lowest BCUT2D eigenvalue weighted by molar-refractivity contribution is -0.122. The Hall–Kier alpha value is -1.93. The van der Waals surface area contributed by atoms with Gasteiger partial charge in [-0.15, -0.1) is 0 Å². The molecular formula is C15H20N4O3S. The van der Waals surface area contributed by atoms with Crippen LogP contribution in [0.5, 0.6) is 0 Å². The minimum atomic E-state index is -3.57. The van der Waals surface area contributed by atoms with Crippen LogP contribution in [0.1, 0.15) is 25.3 Å². The van der Waals surface area contributed by atoms with Crippen LogP contribution in [0.25, 0.3) is 0 Å². The van der Waals surface area contributed by atoms with E-state index in [9.17, 15) is 13.2 Å². The number of hydrogen-bond acceptors (Lipinski definition) is 5. The van der Waals surface area contributed by atoms with Crippen LogP contribution in [0.2, 0.25) is 0 Å². The SMILES string of the molecule is CC(N=C1NS(=O)(=O)c2ccccc21)C(=O)NC1CCNCC1. The van der Waals surface area contributed by atoms with Crippen molar-refractivity contribution in [2.45, 2.75) is 36.7 Å². The average molecular weight is 336 g/mol. The topological polar surface area (TPSA) is 99.7 Å². The van der Waals surface area contributed by atoms with E-state index < -0.39 is 16.1 Å². The summed E-state index contributed by atoms with van der Waals surface area (Å²) in [6, 6.07) is 6.11. The van der Waals surface area contributed by atoms with Crippen molar-refractivity contribution < 1.29 is 13.2 Å². The maximum atomic E-state index is 12.3. The molecule has 8 heteroatoms. The van der Waals surface area contributed by atoms with Gasteiger partial charge in [-0.05, 0) is 45.0 Å². The molecule has 1 atom stereocenters. The lowest BCUT2D eigenvalue weighted by atomic mass is 10.1. The standard InChI is InChI=1S/C15H20N4O3S/c1-10(15(20)18-11-6-8-16-9-7-11)17-14-12-4-2-3-5-13(12)23(21,22)19-14/h2-5,10-11,16H,6-9H2,1H3,(H,17,19)(H,18,20). The van der Waals surface area contributed by atoms with Crippen molar-refractivity contribution in [2.24, 2.45) is 4.99 Å². The van der Waals surface area contributed by atoms with E-state index in [-0.39, 0.29) is 22.7 Å². The van der Waals surface area contributed by atoms with Crippen LogP contribution < -0.4 is 15.4 Å². The first-order valence-corrected chi connectivity index (χ1v) is 9.17. The zero-order chi connectivity index (χ0) is 16.4. The number of amidine groups is 1. The van der Waals surface area contributed by atoms with Gasteiger partial charge in [0.15, 0.2) is 0 Å². The molecule has 2 aliphatic heterocycles. The van der Waals surface area contributed by atoms with Gasteiger partial charge in [0.05, 0.1) is 4.90 Å². The first-order valence-electron chi connectivity index (χ1n) is 7.68. The largest absolute Gasteiger partial charge is 0.351 e. The smallest absolute Gasteiger partial charge is 0.263 e. The summed E-state index contributed by atoms with van der Waals surface area (Å²) in [6.07, 6.45) is 1.79. The average Bonchev–Trinajstić information content (AvgIpc) is 2.79. The Morgan fingerprint density at radius 3 is 2.74 bits per heavy atom. The summed E-state index contributed by atoms with van der Waals surface area (Å²) in [5.41, 5.74) is 0.508. The fourth-order valence-corrected chi connectivity index (χ4v) is 4.01. The van der Waals surface area contributed by atoms with E-state index in [1.165, 1.54) is 6.07 Å². The highest BCUT2D eigenvalue weighted by Crippen LogP contribution is 2.22. The number of carbonyl (C=O) groups excluding carboxylic acids is 1. The molecule has 1 saturated heterocycles. The molecule has 0 aromatic heterocycles. The van der Waals surface area contributed by atoms with Gasteiger partial charge in [0.2, 0.25) is 5.91 Å². The Bertz CT molecular complexity index is 739. The van der Waals surface area contributed by atoms with E-state index in [1.54, 1.807) is 25.1 Å². The van der Waals surface area contributed by atoms with Crippen LogP contribution >= 0.6 is 0 Å². The highest BCUT2D eigenvalue weighted by atomic mass is 32.2. The third-order valence-corrected chi connectivity index (χ3v) is 5.45. The number of aliphatic imine (C=N–C) groups is 1. The van der Waals surface area contributed by atoms with Gasteiger partial charge in [0.1, 0.15) is 11.9 Å². The third-order valence-electron chi connectivity index (χ3n) is 4.05. The van der Waals surface area contributed by atoms with E-state index in [0.29, 0.717) is 5.56 Å². The number of piperidine rings is 1. The van der Waals surface area contributed by atoms with Gasteiger partial charge in [-0.1, -0.05) is 12.1 Å². The van der Waals surface area contributed by atoms with Crippen LogP contribution in [0, 0.1) is 0 Å². The molecule has 1 aromatic carbocycles. The van der Waals surface area contributed by atoms with Crippen LogP contribution in [0.3, 0.4) is 0 Å². The quantitative estimate of drug-likeness (QED) is 0.722. The Morgan fingerprint density at radius 1 is 1.30 bits per heavy atom. The molecule has 3 N–H and O–H groups in total. The molecule has 7 nitrogen and oxygen atoms in total. The number of sulfonamides is 1. The lowest BCUT2D eigenvalue weighted by Gasteiger charge is -2.24. The number of hydrogen-bond donors (Lipinski definition) is 3. The van der Waals surface area contributed by atoms with Crippen LogP contribution in [-0.4, -0.2) is 45.3 Å². The first-order chi connectivity index (χ1) is 11.0. The second-order valence-electron chi connectivity index (χ2n) is 5.79. The number of nitrogens with one attached hydrogen (secondary N) is 3. The van der Waals surface area contributed by atoms with Crippen molar-refractivity contribution >= 4 is 21.8 Å². The molecule has 1 aromatic rings. The predicted molar refractivity (Wildman–Crippen MR) is 86.8 cm³/mol. The molecule has 1 fully saturated rings. The first kappa shape index (κ1) is 15.9.